The molecule has 0 heterocycles. The Labute approximate surface area is 104 Å². The SMILES string of the molecule is COOCc1cc(C(=O)OC)cc(S(=O)(=O)O)c1. The van der Waals surface area contributed by atoms with Crippen LogP contribution in [-0.2, 0) is 31.2 Å². The minimum Gasteiger partial charge on any atom is -0.465 e. The van der Waals surface area contributed by atoms with Crippen LogP contribution in [0.4, 0.5) is 0 Å². The van der Waals surface area contributed by atoms with E-state index < -0.39 is 21.0 Å². The predicted molar refractivity (Wildman–Crippen MR) is 59.4 cm³/mol. The van der Waals surface area contributed by atoms with Crippen LogP contribution in [0.3, 0.4) is 0 Å². The number of esters is 1. The first-order chi connectivity index (χ1) is 8.38. The van der Waals surface area contributed by atoms with E-state index in [4.69, 9.17) is 4.55 Å². The topological polar surface area (TPSA) is 99.1 Å². The second-order valence-corrected chi connectivity index (χ2v) is 4.68. The van der Waals surface area contributed by atoms with Crippen molar-refractivity contribution in [3.63, 3.8) is 0 Å². The van der Waals surface area contributed by atoms with Crippen molar-refractivity contribution >= 4 is 16.1 Å². The normalized spacial score (nSPS) is 11.3. The van der Waals surface area contributed by atoms with Crippen LogP contribution < -0.4 is 0 Å². The molecule has 7 nitrogen and oxygen atoms in total. The van der Waals surface area contributed by atoms with Gasteiger partial charge in [-0.2, -0.15) is 8.42 Å². The van der Waals surface area contributed by atoms with Gasteiger partial charge in [0.05, 0.1) is 24.7 Å². The maximum atomic E-state index is 11.3. The lowest BCUT2D eigenvalue weighted by Gasteiger charge is -2.06. The van der Waals surface area contributed by atoms with E-state index in [1.807, 2.05) is 0 Å². The Morgan fingerprint density at radius 1 is 1.28 bits per heavy atom. The molecular weight excluding hydrogens is 264 g/mol. The molecular formula is C10H12O7S. The third-order valence-corrected chi connectivity index (χ3v) is 2.86. The summed E-state index contributed by atoms with van der Waals surface area (Å²) in [6.45, 7) is -0.0795. The van der Waals surface area contributed by atoms with E-state index in [2.05, 4.69) is 14.5 Å². The lowest BCUT2D eigenvalue weighted by atomic mass is 10.1. The van der Waals surface area contributed by atoms with Crippen LogP contribution in [0.5, 0.6) is 0 Å². The molecule has 100 valence electrons. The highest BCUT2D eigenvalue weighted by atomic mass is 32.2. The maximum Gasteiger partial charge on any atom is 0.337 e. The second-order valence-electron chi connectivity index (χ2n) is 3.26. The van der Waals surface area contributed by atoms with Gasteiger partial charge in [0, 0.05) is 0 Å². The molecule has 0 amide bonds. The van der Waals surface area contributed by atoms with Crippen LogP contribution in [-0.4, -0.2) is 33.2 Å². The van der Waals surface area contributed by atoms with E-state index in [1.165, 1.54) is 19.2 Å². The highest BCUT2D eigenvalue weighted by Crippen LogP contribution is 2.17. The Hall–Kier alpha value is -1.48. The van der Waals surface area contributed by atoms with Gasteiger partial charge in [-0.3, -0.25) is 4.55 Å². The zero-order valence-electron chi connectivity index (χ0n) is 9.74. The summed E-state index contributed by atoms with van der Waals surface area (Å²) >= 11 is 0. The van der Waals surface area contributed by atoms with E-state index in [1.54, 1.807) is 0 Å². The first-order valence-electron chi connectivity index (χ1n) is 4.74. The molecule has 0 atom stereocenters. The number of benzene rings is 1. The molecule has 0 aliphatic carbocycles. The number of rotatable bonds is 5. The number of carbonyl (C=O) groups excluding carboxylic acids is 1. The highest BCUT2D eigenvalue weighted by Gasteiger charge is 2.16. The van der Waals surface area contributed by atoms with E-state index in [9.17, 15) is 13.2 Å². The lowest BCUT2D eigenvalue weighted by Crippen LogP contribution is -2.07. The molecule has 18 heavy (non-hydrogen) atoms. The van der Waals surface area contributed by atoms with Gasteiger partial charge in [-0.15, -0.1) is 0 Å². The second kappa shape index (κ2) is 5.91. The Morgan fingerprint density at radius 2 is 1.94 bits per heavy atom. The first-order valence-corrected chi connectivity index (χ1v) is 6.18. The fraction of sp³-hybridized carbons (Fsp3) is 0.300. The van der Waals surface area contributed by atoms with E-state index in [0.717, 1.165) is 13.2 Å². The van der Waals surface area contributed by atoms with Gasteiger partial charge in [-0.1, -0.05) is 0 Å². The molecule has 1 aromatic rings. The van der Waals surface area contributed by atoms with E-state index >= 15 is 0 Å². The molecule has 0 saturated carbocycles. The third-order valence-electron chi connectivity index (χ3n) is 2.03. The van der Waals surface area contributed by atoms with Crippen molar-refractivity contribution in [2.24, 2.45) is 0 Å². The maximum absolute atomic E-state index is 11.3. The fourth-order valence-corrected chi connectivity index (χ4v) is 1.83. The zero-order valence-corrected chi connectivity index (χ0v) is 10.6. The van der Waals surface area contributed by atoms with E-state index in [0.29, 0.717) is 5.56 Å². The number of hydrogen-bond donors (Lipinski definition) is 1. The standard InChI is InChI=1S/C10H12O7S/c1-15-10(11)8-3-7(6-17-16-2)4-9(5-8)18(12,13)14/h3-5H,6H2,1-2H3,(H,12,13,14). The average molecular weight is 276 g/mol. The average Bonchev–Trinajstić information content (AvgIpc) is 2.33. The molecule has 0 saturated heterocycles. The van der Waals surface area contributed by atoms with Crippen molar-refractivity contribution in [2.45, 2.75) is 11.5 Å². The van der Waals surface area contributed by atoms with Gasteiger partial charge in [-0.05, 0) is 23.8 Å². The van der Waals surface area contributed by atoms with Crippen LogP contribution in [0.25, 0.3) is 0 Å². The van der Waals surface area contributed by atoms with Crippen molar-refractivity contribution in [2.75, 3.05) is 14.2 Å². The largest absolute Gasteiger partial charge is 0.465 e. The highest BCUT2D eigenvalue weighted by molar-refractivity contribution is 7.85. The van der Waals surface area contributed by atoms with Crippen molar-refractivity contribution in [1.29, 1.82) is 0 Å². The first kappa shape index (κ1) is 14.6. The molecule has 1 aromatic carbocycles. The van der Waals surface area contributed by atoms with Crippen molar-refractivity contribution in [3.05, 3.63) is 29.3 Å². The van der Waals surface area contributed by atoms with Gasteiger partial charge in [0.15, 0.2) is 0 Å². The van der Waals surface area contributed by atoms with Crippen molar-refractivity contribution < 1.29 is 32.3 Å². The molecule has 1 rings (SSSR count). The monoisotopic (exact) mass is 276 g/mol. The quantitative estimate of drug-likeness (QED) is 0.367. The Balaban J connectivity index is 3.24. The van der Waals surface area contributed by atoms with Crippen LogP contribution in [0.1, 0.15) is 15.9 Å². The van der Waals surface area contributed by atoms with Gasteiger partial charge in [0.25, 0.3) is 10.1 Å². The van der Waals surface area contributed by atoms with Gasteiger partial charge in [0.2, 0.25) is 0 Å². The van der Waals surface area contributed by atoms with Crippen LogP contribution in [0, 0.1) is 0 Å². The van der Waals surface area contributed by atoms with Gasteiger partial charge < -0.3 is 4.74 Å². The Kier molecular flexibility index (Phi) is 4.79. The molecule has 0 radical (unpaired) electrons. The number of methoxy groups -OCH3 is 1. The molecule has 0 aliphatic heterocycles. The Morgan fingerprint density at radius 3 is 2.44 bits per heavy atom. The number of carbonyl (C=O) groups is 1. The van der Waals surface area contributed by atoms with Gasteiger partial charge >= 0.3 is 5.97 Å². The molecule has 0 spiro atoms. The lowest BCUT2D eigenvalue weighted by molar-refractivity contribution is -0.282. The minimum atomic E-state index is -4.42. The fourth-order valence-electron chi connectivity index (χ4n) is 1.26. The van der Waals surface area contributed by atoms with Crippen molar-refractivity contribution in [1.82, 2.24) is 0 Å². The molecule has 1 N–H and O–H groups in total. The molecule has 0 bridgehead atoms. The molecule has 0 aliphatic rings. The summed E-state index contributed by atoms with van der Waals surface area (Å²) in [5, 5.41) is 0. The van der Waals surface area contributed by atoms with Crippen LogP contribution >= 0.6 is 0 Å². The third kappa shape index (κ3) is 3.77. The zero-order chi connectivity index (χ0) is 13.8. The van der Waals surface area contributed by atoms with Gasteiger partial charge in [0.1, 0.15) is 6.61 Å². The van der Waals surface area contributed by atoms with Gasteiger partial charge in [-0.25, -0.2) is 14.6 Å². The minimum absolute atomic E-state index is 0.0117. The Bertz CT molecular complexity index is 535. The smallest absolute Gasteiger partial charge is 0.337 e. The summed E-state index contributed by atoms with van der Waals surface area (Å²) in [4.78, 5) is 19.9. The molecule has 8 heteroatoms. The number of ether oxygens (including phenoxy) is 1. The molecule has 0 aromatic heterocycles. The number of hydrogen-bond acceptors (Lipinski definition) is 6. The summed E-state index contributed by atoms with van der Waals surface area (Å²) in [7, 11) is -1.97. The van der Waals surface area contributed by atoms with Crippen LogP contribution in [0.15, 0.2) is 23.1 Å². The summed E-state index contributed by atoms with van der Waals surface area (Å²) < 4.78 is 35.5. The van der Waals surface area contributed by atoms with E-state index in [-0.39, 0.29) is 12.2 Å². The summed E-state index contributed by atoms with van der Waals surface area (Å²) in [5.41, 5.74) is 0.328. The summed E-state index contributed by atoms with van der Waals surface area (Å²) in [5.74, 6) is -0.723. The summed E-state index contributed by atoms with van der Waals surface area (Å²) in [6, 6.07) is 3.55. The predicted octanol–water partition coefficient (Wildman–Crippen LogP) is 0.798. The summed E-state index contributed by atoms with van der Waals surface area (Å²) in [6.07, 6.45) is 0. The molecule has 0 fully saturated rings. The molecule has 0 unspecified atom stereocenters. The van der Waals surface area contributed by atoms with Crippen molar-refractivity contribution in [3.8, 4) is 0 Å². The van der Waals surface area contributed by atoms with Crippen LogP contribution in [0.2, 0.25) is 0 Å².